The third-order valence-electron chi connectivity index (χ3n) is 6.56. The van der Waals surface area contributed by atoms with E-state index in [1.165, 1.54) is 7.11 Å². The van der Waals surface area contributed by atoms with Gasteiger partial charge in [0.25, 0.3) is 0 Å². The molecule has 0 spiro atoms. The van der Waals surface area contributed by atoms with Crippen LogP contribution in [0.15, 0.2) is 18.2 Å². The van der Waals surface area contributed by atoms with Crippen LogP contribution < -0.4 is 10.6 Å². The van der Waals surface area contributed by atoms with Gasteiger partial charge in [-0.25, -0.2) is 4.79 Å². The van der Waals surface area contributed by atoms with E-state index in [0.717, 1.165) is 43.2 Å². The van der Waals surface area contributed by atoms with E-state index in [-0.39, 0.29) is 18.4 Å². The number of ether oxygens (including phenoxy) is 2. The van der Waals surface area contributed by atoms with Gasteiger partial charge in [0.1, 0.15) is 24.2 Å². The molecule has 0 saturated carbocycles. The lowest BCUT2D eigenvalue weighted by Crippen LogP contribution is -2.55. The second kappa shape index (κ2) is 16.9. The average molecular weight is 562 g/mol. The van der Waals surface area contributed by atoms with E-state index in [0.29, 0.717) is 18.5 Å². The Morgan fingerprint density at radius 2 is 1.60 bits per heavy atom. The standard InChI is InChI=1S/C31H51N3O6/c1-10-11-12-13-14-15-18-34(29(37)26(21(2)3)33-30(38)40-31(6,7)8)27(28(36)32-20-25(35)39-9)24-19-22(4)16-17-23(24)5/h16-17,19,21,26-27H,10-15,18,20H2,1-9H3,(H,32,36)(H,33,38). The van der Waals surface area contributed by atoms with Crippen molar-refractivity contribution >= 4 is 23.9 Å². The van der Waals surface area contributed by atoms with E-state index in [1.54, 1.807) is 25.7 Å². The molecule has 0 aliphatic rings. The van der Waals surface area contributed by atoms with Crippen LogP contribution in [-0.4, -0.2) is 60.6 Å². The highest BCUT2D eigenvalue weighted by Crippen LogP contribution is 2.28. The average Bonchev–Trinajstić information content (AvgIpc) is 2.87. The van der Waals surface area contributed by atoms with E-state index in [4.69, 9.17) is 9.47 Å². The number of hydrogen-bond acceptors (Lipinski definition) is 6. The molecule has 2 unspecified atom stereocenters. The van der Waals surface area contributed by atoms with Crippen LogP contribution in [0.2, 0.25) is 0 Å². The molecule has 0 radical (unpaired) electrons. The van der Waals surface area contributed by atoms with Crippen molar-refractivity contribution in [2.75, 3.05) is 20.2 Å². The van der Waals surface area contributed by atoms with Gasteiger partial charge in [-0.3, -0.25) is 14.4 Å². The fourth-order valence-corrected chi connectivity index (χ4v) is 4.39. The number of amides is 3. The second-order valence-corrected chi connectivity index (χ2v) is 11.7. The van der Waals surface area contributed by atoms with Gasteiger partial charge in [0.15, 0.2) is 0 Å². The summed E-state index contributed by atoms with van der Waals surface area (Å²) in [6.45, 7) is 14.9. The van der Waals surface area contributed by atoms with Crippen LogP contribution in [0.3, 0.4) is 0 Å². The van der Waals surface area contributed by atoms with E-state index in [9.17, 15) is 19.2 Å². The number of alkyl carbamates (subject to hydrolysis) is 1. The number of esters is 1. The molecule has 40 heavy (non-hydrogen) atoms. The van der Waals surface area contributed by atoms with Gasteiger partial charge in [0, 0.05) is 6.54 Å². The Kier molecular flexibility index (Phi) is 14.7. The first-order valence-corrected chi connectivity index (χ1v) is 14.4. The summed E-state index contributed by atoms with van der Waals surface area (Å²) < 4.78 is 10.1. The molecule has 1 aromatic carbocycles. The van der Waals surface area contributed by atoms with Crippen LogP contribution in [0.25, 0.3) is 0 Å². The molecule has 2 N–H and O–H groups in total. The molecule has 1 rings (SSSR count). The SMILES string of the molecule is CCCCCCCCN(C(=O)C(NC(=O)OC(C)(C)C)C(C)C)C(C(=O)NCC(=O)OC)c1cc(C)ccc1C. The molecule has 0 aliphatic heterocycles. The van der Waals surface area contributed by atoms with Crippen LogP contribution in [-0.2, 0) is 23.9 Å². The Labute approximate surface area is 240 Å². The largest absolute Gasteiger partial charge is 0.468 e. The maximum absolute atomic E-state index is 14.2. The summed E-state index contributed by atoms with van der Waals surface area (Å²) in [5.74, 6) is -1.73. The molecule has 0 heterocycles. The smallest absolute Gasteiger partial charge is 0.408 e. The highest BCUT2D eigenvalue weighted by molar-refractivity contribution is 5.93. The van der Waals surface area contributed by atoms with Crippen molar-refractivity contribution in [2.24, 2.45) is 5.92 Å². The zero-order valence-corrected chi connectivity index (χ0v) is 26.0. The van der Waals surface area contributed by atoms with Gasteiger partial charge < -0.3 is 25.0 Å². The Bertz CT molecular complexity index is 986. The van der Waals surface area contributed by atoms with Crippen LogP contribution in [0, 0.1) is 19.8 Å². The van der Waals surface area contributed by atoms with E-state index >= 15 is 0 Å². The summed E-state index contributed by atoms with van der Waals surface area (Å²) in [5, 5.41) is 5.40. The number of hydrogen-bond donors (Lipinski definition) is 2. The third-order valence-corrected chi connectivity index (χ3v) is 6.56. The molecule has 1 aromatic rings. The maximum Gasteiger partial charge on any atom is 0.408 e. The molecule has 9 nitrogen and oxygen atoms in total. The molecule has 9 heteroatoms. The number of nitrogens with zero attached hydrogens (tertiary/aromatic N) is 1. The summed E-state index contributed by atoms with van der Waals surface area (Å²) in [4.78, 5) is 54.1. The minimum absolute atomic E-state index is 0.274. The van der Waals surface area contributed by atoms with Crippen molar-refractivity contribution in [1.29, 1.82) is 0 Å². The van der Waals surface area contributed by atoms with Gasteiger partial charge in [-0.1, -0.05) is 76.6 Å². The number of carbonyl (C=O) groups is 4. The predicted molar refractivity (Wildman–Crippen MR) is 157 cm³/mol. The number of carbonyl (C=O) groups excluding carboxylic acids is 4. The van der Waals surface area contributed by atoms with Crippen molar-refractivity contribution in [3.05, 3.63) is 34.9 Å². The van der Waals surface area contributed by atoms with Gasteiger partial charge in [-0.05, 0) is 58.1 Å². The fourth-order valence-electron chi connectivity index (χ4n) is 4.39. The van der Waals surface area contributed by atoms with Gasteiger partial charge in [-0.2, -0.15) is 0 Å². The minimum atomic E-state index is -1.01. The third kappa shape index (κ3) is 12.0. The van der Waals surface area contributed by atoms with Crippen molar-refractivity contribution in [1.82, 2.24) is 15.5 Å². The number of methoxy groups -OCH3 is 1. The number of unbranched alkanes of at least 4 members (excludes halogenated alkanes) is 5. The summed E-state index contributed by atoms with van der Waals surface area (Å²) in [6.07, 6.45) is 5.32. The summed E-state index contributed by atoms with van der Waals surface area (Å²) in [5.41, 5.74) is 1.71. The fraction of sp³-hybridized carbons (Fsp3) is 0.677. The molecular formula is C31H51N3O6. The van der Waals surface area contributed by atoms with Gasteiger partial charge in [0.05, 0.1) is 7.11 Å². The van der Waals surface area contributed by atoms with Gasteiger partial charge >= 0.3 is 12.1 Å². The first-order valence-electron chi connectivity index (χ1n) is 14.4. The van der Waals surface area contributed by atoms with Crippen molar-refractivity contribution in [3.63, 3.8) is 0 Å². The Morgan fingerprint density at radius 1 is 0.975 bits per heavy atom. The number of rotatable bonds is 15. The van der Waals surface area contributed by atoms with Crippen molar-refractivity contribution in [3.8, 4) is 0 Å². The van der Waals surface area contributed by atoms with Gasteiger partial charge in [0.2, 0.25) is 11.8 Å². The maximum atomic E-state index is 14.2. The molecular weight excluding hydrogens is 510 g/mol. The lowest BCUT2D eigenvalue weighted by atomic mass is 9.94. The molecule has 0 saturated heterocycles. The molecule has 226 valence electrons. The second-order valence-electron chi connectivity index (χ2n) is 11.7. The summed E-state index contributed by atoms with van der Waals surface area (Å²) in [6, 6.07) is 3.83. The van der Waals surface area contributed by atoms with Crippen molar-refractivity contribution < 1.29 is 28.7 Å². The number of nitrogens with one attached hydrogen (secondary N) is 2. The molecule has 0 bridgehead atoms. The first-order chi connectivity index (χ1) is 18.7. The van der Waals surface area contributed by atoms with Crippen molar-refractivity contribution in [2.45, 2.75) is 112 Å². The lowest BCUT2D eigenvalue weighted by Gasteiger charge is -2.36. The normalized spacial score (nSPS) is 12.8. The summed E-state index contributed by atoms with van der Waals surface area (Å²) in [7, 11) is 1.25. The van der Waals surface area contributed by atoms with Crippen LogP contribution in [0.1, 0.15) is 103 Å². The van der Waals surface area contributed by atoms with E-state index in [2.05, 4.69) is 17.6 Å². The Morgan fingerprint density at radius 3 is 2.17 bits per heavy atom. The molecule has 0 aliphatic carbocycles. The van der Waals surface area contributed by atoms with Crippen LogP contribution >= 0.6 is 0 Å². The summed E-state index contributed by atoms with van der Waals surface area (Å²) >= 11 is 0. The minimum Gasteiger partial charge on any atom is -0.468 e. The first kappa shape index (κ1) is 34.9. The zero-order chi connectivity index (χ0) is 30.5. The quantitative estimate of drug-likeness (QED) is 0.220. The highest BCUT2D eigenvalue weighted by Gasteiger charge is 2.38. The lowest BCUT2D eigenvalue weighted by molar-refractivity contribution is -0.145. The van der Waals surface area contributed by atoms with E-state index in [1.807, 2.05) is 45.9 Å². The predicted octanol–water partition coefficient (Wildman–Crippen LogP) is 5.37. The Hall–Kier alpha value is -3.10. The van der Waals surface area contributed by atoms with Crippen LogP contribution in [0.5, 0.6) is 0 Å². The van der Waals surface area contributed by atoms with E-state index < -0.39 is 35.7 Å². The van der Waals surface area contributed by atoms with Gasteiger partial charge in [-0.15, -0.1) is 0 Å². The Balaban J connectivity index is 3.51. The monoisotopic (exact) mass is 561 g/mol. The van der Waals surface area contributed by atoms with Crippen LogP contribution in [0.4, 0.5) is 4.79 Å². The highest BCUT2D eigenvalue weighted by atomic mass is 16.6. The zero-order valence-electron chi connectivity index (χ0n) is 26.0. The molecule has 0 aromatic heterocycles. The molecule has 2 atom stereocenters. The molecule has 0 fully saturated rings. The topological polar surface area (TPSA) is 114 Å². The molecule has 3 amide bonds. The number of benzene rings is 1. The number of aryl methyl sites for hydroxylation is 2.